The van der Waals surface area contributed by atoms with Gasteiger partial charge < -0.3 is 10.5 Å². The zero-order chi connectivity index (χ0) is 14.0. The van der Waals surface area contributed by atoms with Gasteiger partial charge in [-0.1, -0.05) is 6.07 Å². The second-order valence-electron chi connectivity index (χ2n) is 3.95. The van der Waals surface area contributed by atoms with Crippen LogP contribution in [-0.2, 0) is 11.3 Å². The molecule has 0 amide bonds. The van der Waals surface area contributed by atoms with Crippen molar-refractivity contribution in [2.75, 3.05) is 5.73 Å². The van der Waals surface area contributed by atoms with Gasteiger partial charge in [0.05, 0.1) is 0 Å². The van der Waals surface area contributed by atoms with Crippen molar-refractivity contribution < 1.29 is 18.3 Å². The molecule has 1 aromatic heterocycles. The standard InChI is InChI=1S/C13H11F2NO2S/c1-7-11(16)5-12(19-7)13(17)18-6-8-2-3-9(14)10(15)4-8/h2-5H,6,16H2,1H3. The van der Waals surface area contributed by atoms with Crippen LogP contribution >= 0.6 is 11.3 Å². The third-order valence-electron chi connectivity index (χ3n) is 2.51. The van der Waals surface area contributed by atoms with E-state index in [2.05, 4.69) is 0 Å². The number of nitrogens with two attached hydrogens (primary N) is 1. The fourth-order valence-electron chi connectivity index (χ4n) is 1.45. The van der Waals surface area contributed by atoms with Gasteiger partial charge in [0.25, 0.3) is 0 Å². The van der Waals surface area contributed by atoms with Crippen LogP contribution in [0.5, 0.6) is 0 Å². The fourth-order valence-corrected chi connectivity index (χ4v) is 2.28. The van der Waals surface area contributed by atoms with Crippen LogP contribution in [0.25, 0.3) is 0 Å². The van der Waals surface area contributed by atoms with E-state index in [4.69, 9.17) is 10.5 Å². The number of nitrogen functional groups attached to an aromatic ring is 1. The molecule has 100 valence electrons. The first-order valence-electron chi connectivity index (χ1n) is 5.44. The summed E-state index contributed by atoms with van der Waals surface area (Å²) in [6.07, 6.45) is 0. The first kappa shape index (κ1) is 13.5. The Balaban J connectivity index is 2.02. The predicted molar refractivity (Wildman–Crippen MR) is 68.9 cm³/mol. The van der Waals surface area contributed by atoms with Crippen molar-refractivity contribution >= 4 is 23.0 Å². The summed E-state index contributed by atoms with van der Waals surface area (Å²) in [4.78, 5) is 12.9. The zero-order valence-corrected chi connectivity index (χ0v) is 10.9. The number of thiophene rings is 1. The first-order valence-corrected chi connectivity index (χ1v) is 6.26. The van der Waals surface area contributed by atoms with Crippen molar-refractivity contribution in [2.24, 2.45) is 0 Å². The largest absolute Gasteiger partial charge is 0.457 e. The lowest BCUT2D eigenvalue weighted by Crippen LogP contribution is -2.03. The molecular weight excluding hydrogens is 272 g/mol. The van der Waals surface area contributed by atoms with Gasteiger partial charge in [-0.3, -0.25) is 0 Å². The monoisotopic (exact) mass is 283 g/mol. The second kappa shape index (κ2) is 5.36. The van der Waals surface area contributed by atoms with E-state index < -0.39 is 17.6 Å². The minimum Gasteiger partial charge on any atom is -0.457 e. The van der Waals surface area contributed by atoms with Crippen molar-refractivity contribution in [1.82, 2.24) is 0 Å². The minimum absolute atomic E-state index is 0.118. The highest BCUT2D eigenvalue weighted by Crippen LogP contribution is 2.24. The van der Waals surface area contributed by atoms with Crippen molar-refractivity contribution in [3.63, 3.8) is 0 Å². The number of ether oxygens (including phenoxy) is 1. The molecular formula is C13H11F2NO2S. The molecule has 0 saturated heterocycles. The number of hydrogen-bond donors (Lipinski definition) is 1. The van der Waals surface area contributed by atoms with Crippen molar-refractivity contribution in [3.8, 4) is 0 Å². The number of carbonyl (C=O) groups is 1. The quantitative estimate of drug-likeness (QED) is 0.879. The van der Waals surface area contributed by atoms with Gasteiger partial charge in [-0.25, -0.2) is 13.6 Å². The fraction of sp³-hybridized carbons (Fsp3) is 0.154. The van der Waals surface area contributed by atoms with Gasteiger partial charge >= 0.3 is 5.97 Å². The van der Waals surface area contributed by atoms with E-state index >= 15 is 0 Å². The first-order chi connectivity index (χ1) is 8.97. The second-order valence-corrected chi connectivity index (χ2v) is 5.20. The molecule has 19 heavy (non-hydrogen) atoms. The molecule has 2 N–H and O–H groups in total. The number of halogens is 2. The van der Waals surface area contributed by atoms with Crippen LogP contribution in [0.2, 0.25) is 0 Å². The van der Waals surface area contributed by atoms with Gasteiger partial charge in [-0.15, -0.1) is 11.3 Å². The molecule has 0 aliphatic heterocycles. The Morgan fingerprint density at radius 1 is 1.32 bits per heavy atom. The van der Waals surface area contributed by atoms with Gasteiger partial charge in [0, 0.05) is 10.6 Å². The van der Waals surface area contributed by atoms with E-state index in [1.807, 2.05) is 0 Å². The van der Waals surface area contributed by atoms with Gasteiger partial charge in [0.1, 0.15) is 11.5 Å². The van der Waals surface area contributed by atoms with Crippen LogP contribution < -0.4 is 5.73 Å². The molecule has 0 radical (unpaired) electrons. The highest BCUT2D eigenvalue weighted by Gasteiger charge is 2.13. The van der Waals surface area contributed by atoms with E-state index in [9.17, 15) is 13.6 Å². The van der Waals surface area contributed by atoms with Gasteiger partial charge in [0.15, 0.2) is 11.6 Å². The molecule has 1 heterocycles. The molecule has 0 aliphatic carbocycles. The van der Waals surface area contributed by atoms with Crippen LogP contribution in [0, 0.1) is 18.6 Å². The zero-order valence-electron chi connectivity index (χ0n) is 10.1. The Labute approximate surface area is 112 Å². The number of benzene rings is 1. The maximum absolute atomic E-state index is 13.0. The summed E-state index contributed by atoms with van der Waals surface area (Å²) in [5.41, 5.74) is 6.55. The summed E-state index contributed by atoms with van der Waals surface area (Å²) in [6.45, 7) is 1.68. The number of hydrogen-bond acceptors (Lipinski definition) is 4. The minimum atomic E-state index is -0.968. The number of anilines is 1. The molecule has 0 aliphatic rings. The third-order valence-corrected chi connectivity index (χ3v) is 3.56. The lowest BCUT2D eigenvalue weighted by Gasteiger charge is -2.03. The average molecular weight is 283 g/mol. The summed E-state index contributed by atoms with van der Waals surface area (Å²) in [7, 11) is 0. The van der Waals surface area contributed by atoms with E-state index in [0.717, 1.165) is 17.0 Å². The summed E-state index contributed by atoms with van der Waals surface area (Å²) in [5, 5.41) is 0. The van der Waals surface area contributed by atoms with Crippen LogP contribution in [0.15, 0.2) is 24.3 Å². The topological polar surface area (TPSA) is 52.3 Å². The molecule has 0 spiro atoms. The van der Waals surface area contributed by atoms with Crippen LogP contribution in [0.4, 0.5) is 14.5 Å². The van der Waals surface area contributed by atoms with E-state index in [1.165, 1.54) is 23.5 Å². The lowest BCUT2D eigenvalue weighted by molar-refractivity contribution is 0.0478. The van der Waals surface area contributed by atoms with Crippen molar-refractivity contribution in [2.45, 2.75) is 13.5 Å². The normalized spacial score (nSPS) is 10.5. The smallest absolute Gasteiger partial charge is 0.348 e. The maximum atomic E-state index is 13.0. The Kier molecular flexibility index (Phi) is 3.80. The SMILES string of the molecule is Cc1sc(C(=O)OCc2ccc(F)c(F)c2)cc1N. The van der Waals surface area contributed by atoms with Crippen molar-refractivity contribution in [1.29, 1.82) is 0 Å². The number of esters is 1. The summed E-state index contributed by atoms with van der Waals surface area (Å²) >= 11 is 1.23. The van der Waals surface area contributed by atoms with Crippen LogP contribution in [0.3, 0.4) is 0 Å². The Morgan fingerprint density at radius 3 is 2.63 bits per heavy atom. The summed E-state index contributed by atoms with van der Waals surface area (Å²) in [6, 6.07) is 4.88. The molecule has 6 heteroatoms. The van der Waals surface area contributed by atoms with E-state index in [0.29, 0.717) is 16.1 Å². The Morgan fingerprint density at radius 2 is 2.05 bits per heavy atom. The number of aryl methyl sites for hydroxylation is 1. The predicted octanol–water partition coefficient (Wildman–Crippen LogP) is 3.27. The molecule has 2 rings (SSSR count). The highest BCUT2D eigenvalue weighted by atomic mass is 32.1. The van der Waals surface area contributed by atoms with E-state index in [1.54, 1.807) is 6.92 Å². The van der Waals surface area contributed by atoms with Crippen LogP contribution in [-0.4, -0.2) is 5.97 Å². The molecule has 0 atom stereocenters. The van der Waals surface area contributed by atoms with Gasteiger partial charge in [-0.05, 0) is 30.7 Å². The average Bonchev–Trinajstić information content (AvgIpc) is 2.71. The number of rotatable bonds is 3. The third kappa shape index (κ3) is 3.08. The van der Waals surface area contributed by atoms with Crippen LogP contribution in [0.1, 0.15) is 20.1 Å². The lowest BCUT2D eigenvalue weighted by atomic mass is 10.2. The van der Waals surface area contributed by atoms with Crippen molar-refractivity contribution in [3.05, 3.63) is 51.2 Å². The highest BCUT2D eigenvalue weighted by molar-refractivity contribution is 7.14. The molecule has 0 bridgehead atoms. The number of carbonyl (C=O) groups excluding carboxylic acids is 1. The summed E-state index contributed by atoms with van der Waals surface area (Å²) < 4.78 is 30.7. The molecule has 0 saturated carbocycles. The molecule has 3 nitrogen and oxygen atoms in total. The van der Waals surface area contributed by atoms with Gasteiger partial charge in [0.2, 0.25) is 0 Å². The molecule has 2 aromatic rings. The molecule has 0 unspecified atom stereocenters. The molecule has 0 fully saturated rings. The maximum Gasteiger partial charge on any atom is 0.348 e. The van der Waals surface area contributed by atoms with E-state index in [-0.39, 0.29) is 6.61 Å². The summed E-state index contributed by atoms with van der Waals surface area (Å²) in [5.74, 6) is -2.43. The Hall–Kier alpha value is -1.95. The van der Waals surface area contributed by atoms with Gasteiger partial charge in [-0.2, -0.15) is 0 Å². The Bertz CT molecular complexity index is 606. The molecule has 1 aromatic carbocycles.